The third-order valence-electron chi connectivity index (χ3n) is 8.41. The van der Waals surface area contributed by atoms with Gasteiger partial charge < -0.3 is 18.6 Å². The number of hydrogen-bond donors (Lipinski definition) is 0. The van der Waals surface area contributed by atoms with E-state index >= 15 is 0 Å². The van der Waals surface area contributed by atoms with E-state index in [2.05, 4.69) is 95.4 Å². The van der Waals surface area contributed by atoms with Gasteiger partial charge in [-0.15, -0.1) is 0 Å². The van der Waals surface area contributed by atoms with Gasteiger partial charge in [-0.2, -0.15) is 0 Å². The van der Waals surface area contributed by atoms with E-state index in [1.54, 1.807) is 14.2 Å². The third kappa shape index (κ3) is 7.77. The Bertz CT molecular complexity index is 1090. The summed E-state index contributed by atoms with van der Waals surface area (Å²) < 4.78 is 25.0. The van der Waals surface area contributed by atoms with E-state index < -0.39 is 13.9 Å². The van der Waals surface area contributed by atoms with Gasteiger partial charge in [0.15, 0.2) is 8.32 Å². The van der Waals surface area contributed by atoms with E-state index in [4.69, 9.17) is 18.6 Å². The molecule has 0 N–H and O–H groups in total. The maximum absolute atomic E-state index is 7.23. The smallest absolute Gasteiger partial charge is 0.191 e. The molecule has 0 radical (unpaired) electrons. The van der Waals surface area contributed by atoms with Crippen LogP contribution in [0.1, 0.15) is 70.1 Å². The Labute approximate surface area is 244 Å². The highest BCUT2D eigenvalue weighted by molar-refractivity contribution is 6.74. The third-order valence-corrected chi connectivity index (χ3v) is 12.9. The van der Waals surface area contributed by atoms with Crippen molar-refractivity contribution in [2.45, 2.75) is 77.1 Å². The second-order valence-electron chi connectivity index (χ2n) is 12.2. The molecule has 0 saturated carbocycles. The van der Waals surface area contributed by atoms with Crippen molar-refractivity contribution in [1.82, 2.24) is 0 Å². The van der Waals surface area contributed by atoms with E-state index in [9.17, 15) is 0 Å². The zero-order valence-electron chi connectivity index (χ0n) is 26.0. The Morgan fingerprint density at radius 1 is 0.675 bits per heavy atom. The van der Waals surface area contributed by atoms with Gasteiger partial charge in [-0.05, 0) is 65.5 Å². The lowest BCUT2D eigenvalue weighted by Crippen LogP contribution is -2.43. The molecule has 3 aromatic rings. The molecule has 0 aliphatic heterocycles. The number of ether oxygens (including phenoxy) is 3. The van der Waals surface area contributed by atoms with Crippen molar-refractivity contribution in [2.75, 3.05) is 27.4 Å². The van der Waals surface area contributed by atoms with E-state index in [0.717, 1.165) is 41.2 Å². The summed E-state index contributed by atoms with van der Waals surface area (Å²) in [6.07, 6.45) is 4.67. The topological polar surface area (TPSA) is 36.9 Å². The van der Waals surface area contributed by atoms with Crippen LogP contribution in [0.5, 0.6) is 11.5 Å². The highest BCUT2D eigenvalue weighted by Gasteiger charge is 2.40. The van der Waals surface area contributed by atoms with E-state index in [1.165, 1.54) is 19.3 Å². The molecule has 218 valence electrons. The van der Waals surface area contributed by atoms with Crippen molar-refractivity contribution in [2.24, 2.45) is 5.92 Å². The van der Waals surface area contributed by atoms with E-state index in [1.807, 2.05) is 24.3 Å². The summed E-state index contributed by atoms with van der Waals surface area (Å²) in [6.45, 7) is 15.1. The van der Waals surface area contributed by atoms with Crippen LogP contribution in [0.3, 0.4) is 0 Å². The van der Waals surface area contributed by atoms with Crippen LogP contribution in [0.4, 0.5) is 0 Å². The fourth-order valence-corrected chi connectivity index (χ4v) is 5.84. The lowest BCUT2D eigenvalue weighted by Gasteiger charge is -2.39. The molecule has 0 amide bonds. The second-order valence-corrected chi connectivity index (χ2v) is 17.1. The van der Waals surface area contributed by atoms with Gasteiger partial charge in [-0.1, -0.05) is 102 Å². The van der Waals surface area contributed by atoms with Gasteiger partial charge in [-0.25, -0.2) is 0 Å². The number of hydrogen-bond acceptors (Lipinski definition) is 4. The molecule has 1 atom stereocenters. The van der Waals surface area contributed by atoms with Crippen LogP contribution in [-0.2, 0) is 14.8 Å². The monoisotopic (exact) mass is 562 g/mol. The fraction of sp³-hybridized carbons (Fsp3) is 0.486. The Balaban J connectivity index is 2.06. The van der Waals surface area contributed by atoms with Crippen LogP contribution < -0.4 is 9.47 Å². The van der Waals surface area contributed by atoms with Gasteiger partial charge in [0.05, 0.1) is 20.8 Å². The standard InChI is InChI=1S/C35H50O4Si/c1-9-10-12-15-28(27-39-40(7,8)34(2,3)4)26-38-35(29-16-13-11-14-17-29,30-18-22-32(36-5)23-19-30)31-20-24-33(37-6)25-21-31/h11,13-14,16-25,28H,9-10,12,15,26-27H2,1-8H3. The lowest BCUT2D eigenvalue weighted by atomic mass is 9.79. The molecule has 0 aliphatic carbocycles. The second kappa shape index (κ2) is 14.3. The van der Waals surface area contributed by atoms with Gasteiger partial charge >= 0.3 is 0 Å². The first kappa shape index (κ1) is 31.9. The number of rotatable bonds is 15. The molecular weight excluding hydrogens is 512 g/mol. The van der Waals surface area contributed by atoms with Crippen molar-refractivity contribution in [1.29, 1.82) is 0 Å². The van der Waals surface area contributed by atoms with Gasteiger partial charge in [0, 0.05) is 12.5 Å². The zero-order chi connectivity index (χ0) is 29.2. The Morgan fingerprint density at radius 3 is 1.62 bits per heavy atom. The first-order valence-corrected chi connectivity index (χ1v) is 17.6. The largest absolute Gasteiger partial charge is 0.497 e. The normalized spacial score (nSPS) is 13.2. The Hall–Kier alpha value is -2.60. The molecule has 0 fully saturated rings. The van der Waals surface area contributed by atoms with Crippen LogP contribution in [0, 0.1) is 5.92 Å². The van der Waals surface area contributed by atoms with Crippen LogP contribution in [0.15, 0.2) is 78.9 Å². The summed E-state index contributed by atoms with van der Waals surface area (Å²) in [5, 5.41) is 0.168. The molecule has 0 spiro atoms. The molecule has 5 heteroatoms. The van der Waals surface area contributed by atoms with Crippen LogP contribution >= 0.6 is 0 Å². The minimum Gasteiger partial charge on any atom is -0.497 e. The van der Waals surface area contributed by atoms with Crippen LogP contribution in [0.25, 0.3) is 0 Å². The molecule has 3 rings (SSSR count). The molecule has 0 aromatic heterocycles. The highest BCUT2D eigenvalue weighted by Crippen LogP contribution is 2.42. The predicted octanol–water partition coefficient (Wildman–Crippen LogP) is 9.23. The lowest BCUT2D eigenvalue weighted by molar-refractivity contribution is -0.0194. The molecule has 0 heterocycles. The van der Waals surface area contributed by atoms with E-state index in [0.29, 0.717) is 12.5 Å². The number of unbranched alkanes of at least 4 members (excludes halogenated alkanes) is 2. The summed E-state index contributed by atoms with van der Waals surface area (Å²) in [5.41, 5.74) is 2.40. The number of methoxy groups -OCH3 is 2. The fourth-order valence-electron chi connectivity index (χ4n) is 4.76. The first-order chi connectivity index (χ1) is 19.1. The summed E-state index contributed by atoms with van der Waals surface area (Å²) >= 11 is 0. The molecule has 0 saturated heterocycles. The van der Waals surface area contributed by atoms with Crippen LogP contribution in [0.2, 0.25) is 18.1 Å². The number of benzene rings is 3. The minimum atomic E-state index is -1.89. The summed E-state index contributed by atoms with van der Waals surface area (Å²) in [6, 6.07) is 27.1. The molecular formula is C35H50O4Si. The average Bonchev–Trinajstić information content (AvgIpc) is 2.96. The molecule has 40 heavy (non-hydrogen) atoms. The molecule has 1 unspecified atom stereocenters. The van der Waals surface area contributed by atoms with Gasteiger partial charge in [0.1, 0.15) is 17.1 Å². The quantitative estimate of drug-likeness (QED) is 0.105. The zero-order valence-corrected chi connectivity index (χ0v) is 27.0. The van der Waals surface area contributed by atoms with Crippen molar-refractivity contribution >= 4 is 8.32 Å². The first-order valence-electron chi connectivity index (χ1n) is 14.7. The average molecular weight is 563 g/mol. The minimum absolute atomic E-state index is 0.168. The van der Waals surface area contributed by atoms with Crippen molar-refractivity contribution < 1.29 is 18.6 Å². The Kier molecular flexibility index (Phi) is 11.4. The highest BCUT2D eigenvalue weighted by atomic mass is 28.4. The molecule has 0 bridgehead atoms. The summed E-state index contributed by atoms with van der Waals surface area (Å²) in [5.74, 6) is 1.93. The molecule has 0 aliphatic rings. The Morgan fingerprint density at radius 2 is 1.18 bits per heavy atom. The molecule has 4 nitrogen and oxygen atoms in total. The predicted molar refractivity (Wildman–Crippen MR) is 169 cm³/mol. The maximum Gasteiger partial charge on any atom is 0.191 e. The van der Waals surface area contributed by atoms with Gasteiger partial charge in [0.2, 0.25) is 0 Å². The van der Waals surface area contributed by atoms with Crippen LogP contribution in [-0.4, -0.2) is 35.8 Å². The summed E-state index contributed by atoms with van der Waals surface area (Å²) in [4.78, 5) is 0. The van der Waals surface area contributed by atoms with E-state index in [-0.39, 0.29) is 5.04 Å². The SMILES string of the molecule is CCCCCC(COC(c1ccccc1)(c1ccc(OC)cc1)c1ccc(OC)cc1)CO[Si](C)(C)C(C)(C)C. The molecule has 3 aromatic carbocycles. The van der Waals surface area contributed by atoms with Gasteiger partial charge in [0.25, 0.3) is 0 Å². The van der Waals surface area contributed by atoms with Crippen molar-refractivity contribution in [3.63, 3.8) is 0 Å². The summed E-state index contributed by atoms with van der Waals surface area (Å²) in [7, 11) is 1.51. The maximum atomic E-state index is 7.23. The van der Waals surface area contributed by atoms with Gasteiger partial charge in [-0.3, -0.25) is 0 Å². The van der Waals surface area contributed by atoms with Crippen molar-refractivity contribution in [3.05, 3.63) is 95.6 Å². The van der Waals surface area contributed by atoms with Crippen molar-refractivity contribution in [3.8, 4) is 11.5 Å².